The number of carbonyl (C=O) groups excluding carboxylic acids is 1. The van der Waals surface area contributed by atoms with E-state index in [1.165, 1.54) is 13.5 Å². The van der Waals surface area contributed by atoms with Gasteiger partial charge in [0.2, 0.25) is 0 Å². The Kier molecular flexibility index (Phi) is 4.72. The van der Waals surface area contributed by atoms with Gasteiger partial charge in [-0.05, 0) is 5.56 Å². The molecule has 0 amide bonds. The Hall–Kier alpha value is -1.35. The molecule has 3 nitrogen and oxygen atoms in total. The van der Waals surface area contributed by atoms with Crippen molar-refractivity contribution in [1.29, 1.82) is 0 Å². The molecule has 14 heavy (non-hydrogen) atoms. The summed E-state index contributed by atoms with van der Waals surface area (Å²) in [5.74, 6) is -0.326. The molecule has 0 heterocycles. The van der Waals surface area contributed by atoms with Gasteiger partial charge in [0.05, 0.1) is 13.2 Å². The van der Waals surface area contributed by atoms with Crippen molar-refractivity contribution >= 4 is 5.97 Å². The Balaban J connectivity index is 2.08. The zero-order valence-corrected chi connectivity index (χ0v) is 8.10. The summed E-state index contributed by atoms with van der Waals surface area (Å²) in [7, 11) is 0. The van der Waals surface area contributed by atoms with Gasteiger partial charge in [0.15, 0.2) is 6.61 Å². The van der Waals surface area contributed by atoms with E-state index >= 15 is 0 Å². The van der Waals surface area contributed by atoms with Gasteiger partial charge in [0.25, 0.3) is 0 Å². The molecule has 0 unspecified atom stereocenters. The van der Waals surface area contributed by atoms with E-state index < -0.39 is 0 Å². The summed E-state index contributed by atoms with van der Waals surface area (Å²) in [5.41, 5.74) is 1.10. The maximum atomic E-state index is 10.4. The molecule has 0 saturated heterocycles. The molecule has 0 saturated carbocycles. The molecule has 0 aliphatic rings. The summed E-state index contributed by atoms with van der Waals surface area (Å²) < 4.78 is 9.83. The lowest BCUT2D eigenvalue weighted by molar-refractivity contribution is -0.138. The van der Waals surface area contributed by atoms with Crippen LogP contribution in [0, 0.1) is 6.61 Å². The van der Waals surface area contributed by atoms with Gasteiger partial charge in [-0.25, -0.2) is 0 Å². The van der Waals surface area contributed by atoms with Crippen LogP contribution >= 0.6 is 0 Å². The zero-order chi connectivity index (χ0) is 10.2. The SMILES string of the molecule is CC(=O)O[CH]COCc1ccccc1. The monoisotopic (exact) mass is 193 g/mol. The third-order valence-electron chi connectivity index (χ3n) is 1.55. The van der Waals surface area contributed by atoms with Crippen molar-refractivity contribution in [1.82, 2.24) is 0 Å². The minimum absolute atomic E-state index is 0.314. The Bertz CT molecular complexity index is 269. The first-order valence-corrected chi connectivity index (χ1v) is 4.39. The maximum absolute atomic E-state index is 10.4. The van der Waals surface area contributed by atoms with Gasteiger partial charge in [0.1, 0.15) is 0 Å². The Morgan fingerprint density at radius 3 is 2.71 bits per heavy atom. The first-order valence-electron chi connectivity index (χ1n) is 4.39. The van der Waals surface area contributed by atoms with E-state index in [9.17, 15) is 4.79 Å². The van der Waals surface area contributed by atoms with Crippen molar-refractivity contribution in [3.63, 3.8) is 0 Å². The minimum Gasteiger partial charge on any atom is -0.456 e. The number of esters is 1. The van der Waals surface area contributed by atoms with Crippen LogP contribution in [-0.2, 0) is 20.9 Å². The molecule has 0 aliphatic heterocycles. The maximum Gasteiger partial charge on any atom is 0.303 e. The molecule has 0 fully saturated rings. The largest absolute Gasteiger partial charge is 0.456 e. The first-order chi connectivity index (χ1) is 6.79. The van der Waals surface area contributed by atoms with Gasteiger partial charge in [0, 0.05) is 6.92 Å². The van der Waals surface area contributed by atoms with Crippen LogP contribution in [0.4, 0.5) is 0 Å². The van der Waals surface area contributed by atoms with Crippen molar-refractivity contribution < 1.29 is 14.3 Å². The summed E-state index contributed by atoms with van der Waals surface area (Å²) in [6, 6.07) is 9.81. The molecule has 1 aromatic carbocycles. The fourth-order valence-corrected chi connectivity index (χ4v) is 0.950. The molecule has 0 aliphatic carbocycles. The van der Waals surface area contributed by atoms with Crippen molar-refractivity contribution in [3.05, 3.63) is 42.5 Å². The summed E-state index contributed by atoms with van der Waals surface area (Å²) in [6.45, 7) is 3.55. The number of rotatable bonds is 5. The normalized spacial score (nSPS) is 9.79. The number of benzene rings is 1. The highest BCUT2D eigenvalue weighted by Crippen LogP contribution is 2.00. The molecule has 1 rings (SSSR count). The van der Waals surface area contributed by atoms with E-state index in [0.717, 1.165) is 5.56 Å². The van der Waals surface area contributed by atoms with E-state index in [1.54, 1.807) is 0 Å². The zero-order valence-electron chi connectivity index (χ0n) is 8.10. The van der Waals surface area contributed by atoms with Crippen molar-refractivity contribution in [2.75, 3.05) is 6.61 Å². The first kappa shape index (κ1) is 10.7. The van der Waals surface area contributed by atoms with Gasteiger partial charge in [-0.3, -0.25) is 4.79 Å². The van der Waals surface area contributed by atoms with E-state index in [2.05, 4.69) is 4.74 Å². The van der Waals surface area contributed by atoms with Crippen LogP contribution in [0.1, 0.15) is 12.5 Å². The molecule has 75 valence electrons. The van der Waals surface area contributed by atoms with Gasteiger partial charge in [-0.15, -0.1) is 0 Å². The standard InChI is InChI=1S/C11H13O3/c1-10(12)14-8-7-13-9-11-5-3-2-4-6-11/h2-6,8H,7,9H2,1H3. The topological polar surface area (TPSA) is 35.5 Å². The predicted octanol–water partition coefficient (Wildman–Crippen LogP) is 1.93. The quantitative estimate of drug-likeness (QED) is 0.529. The summed E-state index contributed by atoms with van der Waals surface area (Å²) in [6.07, 6.45) is 0. The molecule has 0 atom stereocenters. The summed E-state index contributed by atoms with van der Waals surface area (Å²) >= 11 is 0. The highest BCUT2D eigenvalue weighted by molar-refractivity contribution is 5.66. The molecule has 0 bridgehead atoms. The van der Waals surface area contributed by atoms with E-state index in [-0.39, 0.29) is 5.97 Å². The average Bonchev–Trinajstić information content (AvgIpc) is 2.18. The highest BCUT2D eigenvalue weighted by Gasteiger charge is 1.94. The Labute approximate surface area is 83.6 Å². The fourth-order valence-electron chi connectivity index (χ4n) is 0.950. The van der Waals surface area contributed by atoms with Crippen LogP contribution in [0.2, 0.25) is 0 Å². The molecular weight excluding hydrogens is 180 g/mol. The number of carbonyl (C=O) groups is 1. The lowest BCUT2D eigenvalue weighted by Gasteiger charge is -2.03. The van der Waals surface area contributed by atoms with Gasteiger partial charge in [-0.1, -0.05) is 30.3 Å². The van der Waals surface area contributed by atoms with Crippen LogP contribution in [-0.4, -0.2) is 12.6 Å². The average molecular weight is 193 g/mol. The third-order valence-corrected chi connectivity index (χ3v) is 1.55. The molecular formula is C11H13O3. The second-order valence-corrected chi connectivity index (χ2v) is 2.78. The number of hydrogen-bond acceptors (Lipinski definition) is 3. The molecule has 0 aromatic heterocycles. The van der Waals surface area contributed by atoms with Crippen LogP contribution in [0.15, 0.2) is 30.3 Å². The second kappa shape index (κ2) is 6.16. The molecule has 0 N–H and O–H groups in total. The van der Waals surface area contributed by atoms with Gasteiger partial charge in [-0.2, -0.15) is 0 Å². The molecule has 1 radical (unpaired) electrons. The molecule has 3 heteroatoms. The van der Waals surface area contributed by atoms with Crippen LogP contribution in [0.3, 0.4) is 0 Å². The number of ether oxygens (including phenoxy) is 2. The smallest absolute Gasteiger partial charge is 0.303 e. The van der Waals surface area contributed by atoms with Crippen LogP contribution < -0.4 is 0 Å². The Morgan fingerprint density at radius 2 is 2.07 bits per heavy atom. The van der Waals surface area contributed by atoms with E-state index in [0.29, 0.717) is 13.2 Å². The highest BCUT2D eigenvalue weighted by atomic mass is 16.6. The van der Waals surface area contributed by atoms with Crippen molar-refractivity contribution in [2.24, 2.45) is 0 Å². The van der Waals surface area contributed by atoms with Crippen molar-refractivity contribution in [2.45, 2.75) is 13.5 Å². The summed E-state index contributed by atoms with van der Waals surface area (Å²) in [5, 5.41) is 0. The fraction of sp³-hybridized carbons (Fsp3) is 0.273. The number of hydrogen-bond donors (Lipinski definition) is 0. The lowest BCUT2D eigenvalue weighted by Crippen LogP contribution is -2.02. The summed E-state index contributed by atoms with van der Waals surface area (Å²) in [4.78, 5) is 10.4. The van der Waals surface area contributed by atoms with Crippen molar-refractivity contribution in [3.8, 4) is 0 Å². The van der Waals surface area contributed by atoms with Gasteiger partial charge < -0.3 is 9.47 Å². The van der Waals surface area contributed by atoms with Crippen LogP contribution in [0.5, 0.6) is 0 Å². The second-order valence-electron chi connectivity index (χ2n) is 2.78. The van der Waals surface area contributed by atoms with Crippen LogP contribution in [0.25, 0.3) is 0 Å². The van der Waals surface area contributed by atoms with E-state index in [4.69, 9.17) is 4.74 Å². The van der Waals surface area contributed by atoms with Gasteiger partial charge >= 0.3 is 5.97 Å². The lowest BCUT2D eigenvalue weighted by atomic mass is 10.2. The minimum atomic E-state index is -0.326. The molecule has 0 spiro atoms. The van der Waals surface area contributed by atoms with E-state index in [1.807, 2.05) is 30.3 Å². The third kappa shape index (κ3) is 4.62. The predicted molar refractivity (Wildman–Crippen MR) is 52.2 cm³/mol. The molecule has 1 aromatic rings. The Morgan fingerprint density at radius 1 is 1.36 bits per heavy atom.